The van der Waals surface area contributed by atoms with Crippen molar-refractivity contribution in [2.75, 3.05) is 0 Å². The predicted molar refractivity (Wildman–Crippen MR) is 59.6 cm³/mol. The van der Waals surface area contributed by atoms with Gasteiger partial charge in [0, 0.05) is 6.04 Å². The molecule has 1 aliphatic carbocycles. The molecule has 1 fully saturated rings. The summed E-state index contributed by atoms with van der Waals surface area (Å²) >= 11 is 0. The molecule has 1 aromatic rings. The summed E-state index contributed by atoms with van der Waals surface area (Å²) in [6.45, 7) is 6.29. The molecule has 2 atom stereocenters. The molecule has 84 valence electrons. The Morgan fingerprint density at radius 2 is 2.33 bits per heavy atom. The largest absolute Gasteiger partial charge is 0.444 e. The summed E-state index contributed by atoms with van der Waals surface area (Å²) in [7, 11) is 0. The minimum absolute atomic E-state index is 0.226. The average molecular weight is 208 g/mol. The van der Waals surface area contributed by atoms with E-state index < -0.39 is 0 Å². The summed E-state index contributed by atoms with van der Waals surface area (Å²) in [6.07, 6.45) is 5.73. The smallest absolute Gasteiger partial charge is 0.211 e. The number of oxazole rings is 1. The molecule has 0 amide bonds. The van der Waals surface area contributed by atoms with Gasteiger partial charge in [-0.2, -0.15) is 0 Å². The maximum absolute atomic E-state index is 5.52. The van der Waals surface area contributed by atoms with Crippen molar-refractivity contribution in [3.05, 3.63) is 17.8 Å². The molecule has 0 saturated heterocycles. The Hall–Kier alpha value is -0.830. The van der Waals surface area contributed by atoms with Gasteiger partial charge in [-0.15, -0.1) is 0 Å². The van der Waals surface area contributed by atoms with Gasteiger partial charge in [0.05, 0.1) is 12.2 Å². The highest BCUT2D eigenvalue weighted by Crippen LogP contribution is 2.34. The van der Waals surface area contributed by atoms with Crippen LogP contribution in [0.25, 0.3) is 0 Å². The lowest BCUT2D eigenvalue weighted by molar-refractivity contribution is 0.346. The van der Waals surface area contributed by atoms with E-state index in [2.05, 4.69) is 24.1 Å². The van der Waals surface area contributed by atoms with Gasteiger partial charge in [0.15, 0.2) is 0 Å². The van der Waals surface area contributed by atoms with E-state index in [1.165, 1.54) is 19.3 Å². The Kier molecular flexibility index (Phi) is 3.10. The molecule has 1 aromatic heterocycles. The second-order valence-electron chi connectivity index (χ2n) is 4.55. The molecule has 3 heteroatoms. The van der Waals surface area contributed by atoms with E-state index in [1.54, 1.807) is 6.20 Å². The van der Waals surface area contributed by atoms with Crippen LogP contribution in [0.5, 0.6) is 0 Å². The molecule has 1 heterocycles. The highest BCUT2D eigenvalue weighted by atomic mass is 16.4. The molecule has 1 N–H and O–H groups in total. The number of hydrogen-bond donors (Lipinski definition) is 1. The van der Waals surface area contributed by atoms with Crippen molar-refractivity contribution in [1.82, 2.24) is 10.3 Å². The van der Waals surface area contributed by atoms with Crippen molar-refractivity contribution in [1.29, 1.82) is 0 Å². The fourth-order valence-electron chi connectivity index (χ4n) is 2.05. The van der Waals surface area contributed by atoms with Gasteiger partial charge in [0.25, 0.3) is 0 Å². The van der Waals surface area contributed by atoms with Gasteiger partial charge in [-0.3, -0.25) is 0 Å². The summed E-state index contributed by atoms with van der Waals surface area (Å²) < 4.78 is 5.52. The molecule has 1 saturated carbocycles. The fraction of sp³-hybridized carbons (Fsp3) is 0.750. The fourth-order valence-corrected chi connectivity index (χ4v) is 2.05. The minimum Gasteiger partial charge on any atom is -0.444 e. The average Bonchev–Trinajstić information content (AvgIpc) is 2.97. The van der Waals surface area contributed by atoms with E-state index in [1.807, 2.05) is 6.92 Å². The van der Waals surface area contributed by atoms with E-state index in [0.29, 0.717) is 6.04 Å². The Bertz CT molecular complexity index is 317. The number of rotatable bonds is 5. The lowest BCUT2D eigenvalue weighted by atomic mass is 10.1. The molecule has 3 nitrogen and oxygen atoms in total. The third-order valence-electron chi connectivity index (χ3n) is 3.10. The Morgan fingerprint density at radius 3 is 2.80 bits per heavy atom. The van der Waals surface area contributed by atoms with Crippen LogP contribution in [0.1, 0.15) is 50.8 Å². The number of nitrogens with one attached hydrogen (secondary N) is 1. The van der Waals surface area contributed by atoms with Crippen LogP contribution in [-0.4, -0.2) is 11.0 Å². The quantitative estimate of drug-likeness (QED) is 0.808. The molecule has 2 rings (SSSR count). The van der Waals surface area contributed by atoms with Gasteiger partial charge >= 0.3 is 0 Å². The van der Waals surface area contributed by atoms with E-state index in [4.69, 9.17) is 4.42 Å². The van der Waals surface area contributed by atoms with Crippen molar-refractivity contribution >= 4 is 0 Å². The van der Waals surface area contributed by atoms with Gasteiger partial charge in [-0.1, -0.05) is 6.92 Å². The third kappa shape index (κ3) is 2.59. The zero-order valence-corrected chi connectivity index (χ0v) is 9.79. The van der Waals surface area contributed by atoms with Crippen molar-refractivity contribution < 1.29 is 4.42 Å². The molecular formula is C12H20N2O. The van der Waals surface area contributed by atoms with E-state index in [-0.39, 0.29) is 6.04 Å². The second-order valence-corrected chi connectivity index (χ2v) is 4.55. The Morgan fingerprint density at radius 1 is 1.60 bits per heavy atom. The predicted octanol–water partition coefficient (Wildman–Crippen LogP) is 2.82. The van der Waals surface area contributed by atoms with Gasteiger partial charge in [0.2, 0.25) is 5.89 Å². The molecule has 0 bridgehead atoms. The van der Waals surface area contributed by atoms with Crippen LogP contribution >= 0.6 is 0 Å². The molecule has 0 aromatic carbocycles. The van der Waals surface area contributed by atoms with Crippen LogP contribution in [0, 0.1) is 12.8 Å². The lowest BCUT2D eigenvalue weighted by Crippen LogP contribution is -2.32. The van der Waals surface area contributed by atoms with Crippen molar-refractivity contribution in [3.63, 3.8) is 0 Å². The summed E-state index contributed by atoms with van der Waals surface area (Å²) in [5.74, 6) is 2.58. The first-order chi connectivity index (χ1) is 7.20. The van der Waals surface area contributed by atoms with Gasteiger partial charge in [0.1, 0.15) is 5.76 Å². The van der Waals surface area contributed by atoms with Crippen LogP contribution in [0.15, 0.2) is 10.6 Å². The zero-order valence-electron chi connectivity index (χ0n) is 9.79. The van der Waals surface area contributed by atoms with Crippen LogP contribution in [0.3, 0.4) is 0 Å². The standard InChI is InChI=1S/C12H20N2O/c1-4-11(10-5-6-10)14-9(3)12-13-7-8(2)15-12/h7,9-11,14H,4-6H2,1-3H3. The number of aromatic nitrogens is 1. The maximum Gasteiger partial charge on any atom is 0.211 e. The first kappa shape index (κ1) is 10.7. The normalized spacial score (nSPS) is 20.2. The highest BCUT2D eigenvalue weighted by molar-refractivity contribution is 4.97. The lowest BCUT2D eigenvalue weighted by Gasteiger charge is -2.19. The number of nitrogens with zero attached hydrogens (tertiary/aromatic N) is 1. The Labute approximate surface area is 91.3 Å². The SMILES string of the molecule is CCC(NC(C)c1ncc(C)o1)C1CC1. The van der Waals surface area contributed by atoms with Gasteiger partial charge < -0.3 is 9.73 Å². The van der Waals surface area contributed by atoms with Crippen molar-refractivity contribution in [3.8, 4) is 0 Å². The first-order valence-electron chi connectivity index (χ1n) is 5.89. The summed E-state index contributed by atoms with van der Waals surface area (Å²) in [5, 5.41) is 3.60. The molecule has 0 radical (unpaired) electrons. The summed E-state index contributed by atoms with van der Waals surface area (Å²) in [6, 6.07) is 0.858. The van der Waals surface area contributed by atoms with Crippen LogP contribution in [-0.2, 0) is 0 Å². The highest BCUT2D eigenvalue weighted by Gasteiger charge is 2.31. The minimum atomic E-state index is 0.226. The van der Waals surface area contributed by atoms with Crippen molar-refractivity contribution in [2.24, 2.45) is 5.92 Å². The first-order valence-corrected chi connectivity index (χ1v) is 5.89. The van der Waals surface area contributed by atoms with Crippen molar-refractivity contribution in [2.45, 2.75) is 52.1 Å². The molecule has 1 aliphatic rings. The number of hydrogen-bond acceptors (Lipinski definition) is 3. The number of aryl methyl sites for hydroxylation is 1. The maximum atomic E-state index is 5.52. The van der Waals surface area contributed by atoms with Crippen LogP contribution in [0.4, 0.5) is 0 Å². The molecular weight excluding hydrogens is 188 g/mol. The van der Waals surface area contributed by atoms with Crippen LogP contribution in [0.2, 0.25) is 0 Å². The summed E-state index contributed by atoms with van der Waals surface area (Å²) in [4.78, 5) is 4.25. The van der Waals surface area contributed by atoms with Gasteiger partial charge in [-0.25, -0.2) is 4.98 Å². The van der Waals surface area contributed by atoms with Crippen LogP contribution < -0.4 is 5.32 Å². The molecule has 0 spiro atoms. The topological polar surface area (TPSA) is 38.1 Å². The van der Waals surface area contributed by atoms with E-state index in [0.717, 1.165) is 17.6 Å². The van der Waals surface area contributed by atoms with E-state index in [9.17, 15) is 0 Å². The van der Waals surface area contributed by atoms with E-state index >= 15 is 0 Å². The Balaban J connectivity index is 1.92. The van der Waals surface area contributed by atoms with Gasteiger partial charge in [-0.05, 0) is 39.0 Å². The second kappa shape index (κ2) is 4.35. The third-order valence-corrected chi connectivity index (χ3v) is 3.10. The summed E-state index contributed by atoms with van der Waals surface area (Å²) in [5.41, 5.74) is 0. The monoisotopic (exact) mass is 208 g/mol. The molecule has 0 aliphatic heterocycles. The zero-order chi connectivity index (χ0) is 10.8. The molecule has 15 heavy (non-hydrogen) atoms. The molecule has 2 unspecified atom stereocenters.